The molecular formula is C40H53N7O6S. The predicted octanol–water partition coefficient (Wildman–Crippen LogP) is 5.77. The second-order valence-electron chi connectivity index (χ2n) is 16.8. The van der Waals surface area contributed by atoms with Gasteiger partial charge in [0.25, 0.3) is 0 Å². The number of hydrogen-bond acceptors (Lipinski definition) is 9. The van der Waals surface area contributed by atoms with Gasteiger partial charge >= 0.3 is 6.03 Å². The molecule has 14 heteroatoms. The van der Waals surface area contributed by atoms with Crippen LogP contribution in [0.3, 0.4) is 0 Å². The van der Waals surface area contributed by atoms with Crippen molar-refractivity contribution in [3.05, 3.63) is 47.9 Å². The average Bonchev–Trinajstić information content (AvgIpc) is 3.34. The fraction of sp³-hybridized carbons (Fsp3) is 0.525. The van der Waals surface area contributed by atoms with Crippen molar-refractivity contribution < 1.29 is 28.7 Å². The van der Waals surface area contributed by atoms with E-state index in [0.717, 1.165) is 10.9 Å². The summed E-state index contributed by atoms with van der Waals surface area (Å²) >= 11 is 1.28. The van der Waals surface area contributed by atoms with Crippen molar-refractivity contribution in [3.8, 4) is 17.1 Å². The van der Waals surface area contributed by atoms with E-state index in [1.807, 2.05) is 73.6 Å². The predicted molar refractivity (Wildman–Crippen MR) is 210 cm³/mol. The Bertz CT molecular complexity index is 1980. The molecule has 1 aliphatic heterocycles. The van der Waals surface area contributed by atoms with Crippen LogP contribution >= 0.6 is 11.3 Å². The van der Waals surface area contributed by atoms with Gasteiger partial charge in [-0.2, -0.15) is 0 Å². The minimum atomic E-state index is -1.07. The van der Waals surface area contributed by atoms with E-state index in [-0.39, 0.29) is 42.0 Å². The number of carbonyl (C=O) groups is 5. The second-order valence-corrected chi connectivity index (χ2v) is 17.7. The van der Waals surface area contributed by atoms with Crippen molar-refractivity contribution in [2.75, 3.05) is 11.9 Å². The fourth-order valence-electron chi connectivity index (χ4n) is 6.60. The summed E-state index contributed by atoms with van der Waals surface area (Å²) in [6.45, 7) is 22.2. The number of likely N-dealkylation sites (tertiary alicyclic amines) is 1. The number of fused-ring (bicyclic) bond motifs is 1. The summed E-state index contributed by atoms with van der Waals surface area (Å²) in [5, 5.41) is 14.5. The molecule has 5 amide bonds. The number of pyridine rings is 1. The number of thiazole rings is 1. The highest BCUT2D eigenvalue weighted by Crippen LogP contribution is 2.45. The number of anilines is 1. The molecule has 1 saturated heterocycles. The van der Waals surface area contributed by atoms with Crippen molar-refractivity contribution >= 4 is 56.9 Å². The molecule has 4 N–H and O–H groups in total. The molecule has 1 aromatic carbocycles. The number of carbonyl (C=O) groups excluding carboxylic acids is 5. The maximum absolute atomic E-state index is 14.6. The third kappa shape index (κ3) is 8.75. The molecule has 0 spiro atoms. The summed E-state index contributed by atoms with van der Waals surface area (Å²) < 4.78 is 6.70. The van der Waals surface area contributed by atoms with E-state index >= 15 is 0 Å². The van der Waals surface area contributed by atoms with Gasteiger partial charge in [0.1, 0.15) is 35.2 Å². The highest BCUT2D eigenvalue weighted by Gasteiger charge is 2.59. The molecule has 3 heterocycles. The van der Waals surface area contributed by atoms with Crippen LogP contribution in [0.5, 0.6) is 5.75 Å². The molecule has 3 aromatic rings. The van der Waals surface area contributed by atoms with E-state index in [9.17, 15) is 24.0 Å². The van der Waals surface area contributed by atoms with Crippen molar-refractivity contribution in [3.63, 3.8) is 0 Å². The lowest BCUT2D eigenvalue weighted by Crippen LogP contribution is -2.61. The van der Waals surface area contributed by atoms with E-state index < -0.39 is 47.0 Å². The first-order valence-corrected chi connectivity index (χ1v) is 19.2. The Labute approximate surface area is 321 Å². The third-order valence-corrected chi connectivity index (χ3v) is 11.2. The molecule has 13 nitrogen and oxygen atoms in total. The van der Waals surface area contributed by atoms with Crippen LogP contribution in [0.1, 0.15) is 80.7 Å². The molecule has 2 fully saturated rings. The van der Waals surface area contributed by atoms with E-state index in [1.54, 1.807) is 17.5 Å². The van der Waals surface area contributed by atoms with Crippen molar-refractivity contribution in [2.24, 2.45) is 16.7 Å². The number of nitrogens with one attached hydrogen (secondary N) is 4. The van der Waals surface area contributed by atoms with Gasteiger partial charge in [-0.15, -0.1) is 17.9 Å². The van der Waals surface area contributed by atoms with Crippen LogP contribution in [-0.2, 0) is 19.2 Å². The van der Waals surface area contributed by atoms with Gasteiger partial charge in [0.15, 0.2) is 10.9 Å². The molecule has 1 saturated carbocycles. The van der Waals surface area contributed by atoms with Crippen LogP contribution < -0.4 is 26.0 Å². The fourth-order valence-corrected chi connectivity index (χ4v) is 7.35. The number of rotatable bonds is 11. The van der Waals surface area contributed by atoms with Gasteiger partial charge in [0.05, 0.1) is 17.8 Å². The number of aryl methyl sites for hydroxylation is 1. The lowest BCUT2D eigenvalue weighted by atomic mass is 9.85. The lowest BCUT2D eigenvalue weighted by Gasteiger charge is -2.36. The zero-order valence-corrected chi connectivity index (χ0v) is 33.7. The van der Waals surface area contributed by atoms with Gasteiger partial charge in [0.2, 0.25) is 17.7 Å². The summed E-state index contributed by atoms with van der Waals surface area (Å²) in [5.74, 6) is -1.06. The minimum absolute atomic E-state index is 0.0392. The molecule has 6 atom stereocenters. The lowest BCUT2D eigenvalue weighted by molar-refractivity contribution is -0.142. The number of ether oxygens (including phenoxy) is 1. The van der Waals surface area contributed by atoms with Crippen LogP contribution in [0.15, 0.2) is 42.3 Å². The number of urea groups is 1. The second kappa shape index (κ2) is 15.1. The van der Waals surface area contributed by atoms with E-state index in [2.05, 4.69) is 32.8 Å². The molecule has 0 bridgehead atoms. The van der Waals surface area contributed by atoms with E-state index in [0.29, 0.717) is 34.2 Å². The van der Waals surface area contributed by atoms with Crippen molar-refractivity contribution in [1.29, 1.82) is 0 Å². The standard InChI is InChI=1S/C40H53N7O6S/c1-12-25-18-40(25,23(4)48)46-34(50)31-16-26(19-47(31)35(51)33(39(9,10)11)45-36(52)41-22(3)38(6,7)8)53-32-17-29(30-20-54-37(44-30)42-24(5)49)43-28-15-21(2)13-14-27(28)32/h12-15,17,20,22,25-26,31,33H,1,16,18-19H2,2-11H3,(H,46,50)(H2,41,45,52)(H,42,44,49)/t22-,25+,26-,31+,33-,40+/m1/s1. The molecular weight excluding hydrogens is 707 g/mol. The van der Waals surface area contributed by atoms with Crippen molar-refractivity contribution in [1.82, 2.24) is 30.8 Å². The summed E-state index contributed by atoms with van der Waals surface area (Å²) in [6.07, 6.45) is 1.58. The molecule has 0 radical (unpaired) electrons. The van der Waals surface area contributed by atoms with Crippen LogP contribution in [0, 0.1) is 23.7 Å². The molecule has 5 rings (SSSR count). The Morgan fingerprint density at radius 1 is 1.02 bits per heavy atom. The Morgan fingerprint density at radius 3 is 2.31 bits per heavy atom. The van der Waals surface area contributed by atoms with Crippen LogP contribution in [0.25, 0.3) is 22.3 Å². The van der Waals surface area contributed by atoms with E-state index in [1.165, 1.54) is 30.1 Å². The number of benzene rings is 1. The normalized spacial score (nSPS) is 22.2. The molecule has 290 valence electrons. The molecule has 54 heavy (non-hydrogen) atoms. The molecule has 0 unspecified atom stereocenters. The summed E-state index contributed by atoms with van der Waals surface area (Å²) in [5.41, 5.74) is 0.697. The summed E-state index contributed by atoms with van der Waals surface area (Å²) in [7, 11) is 0. The molecule has 1 aliphatic carbocycles. The average molecular weight is 760 g/mol. The topological polar surface area (TPSA) is 172 Å². The first-order valence-electron chi connectivity index (χ1n) is 18.3. The van der Waals surface area contributed by atoms with Gasteiger partial charge in [-0.1, -0.05) is 53.7 Å². The smallest absolute Gasteiger partial charge is 0.315 e. The third-order valence-electron chi connectivity index (χ3n) is 10.4. The summed E-state index contributed by atoms with van der Waals surface area (Å²) in [4.78, 5) is 77.5. The van der Waals surface area contributed by atoms with Crippen LogP contribution in [-0.4, -0.2) is 80.7 Å². The Hall–Kier alpha value is -4.85. The van der Waals surface area contributed by atoms with Crippen molar-refractivity contribution in [2.45, 2.75) is 112 Å². The maximum Gasteiger partial charge on any atom is 0.315 e. The van der Waals surface area contributed by atoms with Crippen LogP contribution in [0.4, 0.5) is 9.93 Å². The zero-order valence-electron chi connectivity index (χ0n) is 32.9. The van der Waals surface area contributed by atoms with Gasteiger partial charge in [-0.05, 0) is 55.7 Å². The SMILES string of the molecule is C=C[C@H]1C[C@]1(NC(=O)[C@@H]1C[C@@H](Oc2cc(-c3csc(NC(C)=O)n3)nc3cc(C)ccc23)CN1C(=O)[C@@H](NC(=O)N[C@H](C)C(C)(C)C)C(C)(C)C)C(C)=O. The maximum atomic E-state index is 14.6. The number of Topliss-reactive ketones (excluding diaryl/α,β-unsaturated/α-hetero) is 1. The number of aromatic nitrogens is 2. The number of hydrogen-bond donors (Lipinski definition) is 4. The van der Waals surface area contributed by atoms with Gasteiger partial charge in [-0.25, -0.2) is 14.8 Å². The zero-order chi connectivity index (χ0) is 39.9. The first-order chi connectivity index (χ1) is 25.1. The van der Waals surface area contributed by atoms with Gasteiger partial charge in [0, 0.05) is 42.1 Å². The van der Waals surface area contributed by atoms with Gasteiger partial charge in [-0.3, -0.25) is 19.2 Å². The van der Waals surface area contributed by atoms with Gasteiger partial charge < -0.3 is 30.9 Å². The highest BCUT2D eigenvalue weighted by molar-refractivity contribution is 7.14. The number of nitrogens with zero attached hydrogens (tertiary/aromatic N) is 3. The largest absolute Gasteiger partial charge is 0.488 e. The Balaban J connectivity index is 1.49. The van der Waals surface area contributed by atoms with Crippen LogP contribution in [0.2, 0.25) is 0 Å². The molecule has 2 aromatic heterocycles. The number of ketones is 1. The number of amides is 5. The van der Waals surface area contributed by atoms with E-state index in [4.69, 9.17) is 9.72 Å². The Morgan fingerprint density at radius 2 is 1.72 bits per heavy atom. The monoisotopic (exact) mass is 759 g/mol. The highest BCUT2D eigenvalue weighted by atomic mass is 32.1. The molecule has 2 aliphatic rings. The first kappa shape index (κ1) is 40.3. The summed E-state index contributed by atoms with van der Waals surface area (Å²) in [6, 6.07) is 4.89. The Kier molecular flexibility index (Phi) is 11.3. The quantitative estimate of drug-likeness (QED) is 0.179. The minimum Gasteiger partial charge on any atom is -0.488 e.